The van der Waals surface area contributed by atoms with Crippen LogP contribution in [0.1, 0.15) is 18.4 Å². The summed E-state index contributed by atoms with van der Waals surface area (Å²) in [7, 11) is -3.76. The van der Waals surface area contributed by atoms with Crippen LogP contribution in [-0.4, -0.2) is 32.6 Å². The van der Waals surface area contributed by atoms with Crippen LogP contribution in [0.3, 0.4) is 0 Å². The number of hydrogen-bond donors (Lipinski definition) is 3. The Labute approximate surface area is 128 Å². The average molecular weight is 331 g/mol. The highest BCUT2D eigenvalue weighted by molar-refractivity contribution is 7.89. The Morgan fingerprint density at radius 3 is 2.71 bits per heavy atom. The van der Waals surface area contributed by atoms with Crippen LogP contribution in [-0.2, 0) is 14.8 Å². The van der Waals surface area contributed by atoms with E-state index in [1.165, 1.54) is 18.2 Å². The number of nitrogens with one attached hydrogen (secondary N) is 1. The predicted octanol–water partition coefficient (Wildman–Crippen LogP) is 0.228. The fourth-order valence-electron chi connectivity index (χ4n) is 1.49. The predicted molar refractivity (Wildman–Crippen MR) is 79.0 cm³/mol. The molecule has 0 aliphatic rings. The maximum absolute atomic E-state index is 12.0. The van der Waals surface area contributed by atoms with Gasteiger partial charge in [0.15, 0.2) is 0 Å². The van der Waals surface area contributed by atoms with Gasteiger partial charge in [-0.05, 0) is 24.6 Å². The van der Waals surface area contributed by atoms with Gasteiger partial charge in [-0.2, -0.15) is 0 Å². The molecule has 0 saturated carbocycles. The second-order valence-corrected chi connectivity index (χ2v) is 6.22. The molecule has 0 radical (unpaired) electrons. The van der Waals surface area contributed by atoms with Crippen molar-refractivity contribution in [3.8, 4) is 11.8 Å². The van der Waals surface area contributed by atoms with Gasteiger partial charge in [-0.15, -0.1) is 0 Å². The molecule has 6 nitrogen and oxygen atoms in total. The van der Waals surface area contributed by atoms with Crippen LogP contribution in [0.25, 0.3) is 0 Å². The largest absolute Gasteiger partial charge is 0.384 e. The zero-order valence-electron chi connectivity index (χ0n) is 11.1. The number of aliphatic hydroxyl groups is 1. The number of hydrogen-bond acceptors (Lipinski definition) is 4. The summed E-state index contributed by atoms with van der Waals surface area (Å²) in [5.41, 5.74) is 5.47. The van der Waals surface area contributed by atoms with E-state index < -0.39 is 15.9 Å². The number of aliphatic hydroxyl groups excluding tert-OH is 1. The topological polar surface area (TPSA) is 109 Å². The molecule has 1 rings (SSSR count). The molecular weight excluding hydrogens is 316 g/mol. The summed E-state index contributed by atoms with van der Waals surface area (Å²) in [4.78, 5) is 10.5. The monoisotopic (exact) mass is 330 g/mol. The van der Waals surface area contributed by atoms with Gasteiger partial charge in [0.05, 0.1) is 5.02 Å². The number of sulfonamides is 1. The number of halogens is 1. The fourth-order valence-corrected chi connectivity index (χ4v) is 3.10. The van der Waals surface area contributed by atoms with Crippen LogP contribution >= 0.6 is 11.6 Å². The average Bonchev–Trinajstić information content (AvgIpc) is 2.41. The zero-order chi connectivity index (χ0) is 15.9. The van der Waals surface area contributed by atoms with E-state index in [-0.39, 0.29) is 29.5 Å². The summed E-state index contributed by atoms with van der Waals surface area (Å²) in [6.07, 6.45) is 0.415. The van der Waals surface area contributed by atoms with E-state index in [9.17, 15) is 13.2 Å². The Hall–Kier alpha value is -1.59. The van der Waals surface area contributed by atoms with E-state index >= 15 is 0 Å². The van der Waals surface area contributed by atoms with Gasteiger partial charge < -0.3 is 10.8 Å². The molecule has 0 spiro atoms. The van der Waals surface area contributed by atoms with Gasteiger partial charge in [0.1, 0.15) is 11.5 Å². The van der Waals surface area contributed by atoms with E-state index in [4.69, 9.17) is 22.4 Å². The molecule has 1 amide bonds. The molecule has 1 aromatic rings. The number of carbonyl (C=O) groups is 1. The van der Waals surface area contributed by atoms with Crippen LogP contribution in [0.5, 0.6) is 0 Å². The van der Waals surface area contributed by atoms with Crippen LogP contribution < -0.4 is 10.5 Å². The molecule has 4 N–H and O–H groups in total. The SMILES string of the molecule is NC(=O)CCCNS(=O)(=O)c1ccc(C#CCO)cc1Cl. The van der Waals surface area contributed by atoms with Crippen molar-refractivity contribution in [2.45, 2.75) is 17.7 Å². The quantitative estimate of drug-likeness (QED) is 0.512. The molecule has 21 heavy (non-hydrogen) atoms. The van der Waals surface area contributed by atoms with Crippen LogP contribution in [0.15, 0.2) is 23.1 Å². The number of carbonyl (C=O) groups excluding carboxylic acids is 1. The molecule has 8 heteroatoms. The Morgan fingerprint density at radius 2 is 2.14 bits per heavy atom. The highest BCUT2D eigenvalue weighted by Crippen LogP contribution is 2.22. The van der Waals surface area contributed by atoms with Gasteiger partial charge in [-0.3, -0.25) is 4.79 Å². The smallest absolute Gasteiger partial charge is 0.242 e. The molecule has 0 aliphatic carbocycles. The van der Waals surface area contributed by atoms with E-state index in [0.29, 0.717) is 12.0 Å². The summed E-state index contributed by atoms with van der Waals surface area (Å²) in [6.45, 7) is -0.202. The summed E-state index contributed by atoms with van der Waals surface area (Å²) < 4.78 is 26.4. The first-order valence-corrected chi connectivity index (χ1v) is 7.90. The molecule has 0 unspecified atom stereocenters. The normalized spacial score (nSPS) is 10.8. The zero-order valence-corrected chi connectivity index (χ0v) is 12.7. The van der Waals surface area contributed by atoms with Gasteiger partial charge >= 0.3 is 0 Å². The second-order valence-electron chi connectivity index (χ2n) is 4.07. The van der Waals surface area contributed by atoms with Gasteiger partial charge in [0.2, 0.25) is 15.9 Å². The summed E-state index contributed by atoms with van der Waals surface area (Å²) in [6, 6.07) is 4.23. The minimum Gasteiger partial charge on any atom is -0.384 e. The maximum atomic E-state index is 12.0. The lowest BCUT2D eigenvalue weighted by Gasteiger charge is -2.08. The van der Waals surface area contributed by atoms with Crippen LogP contribution in [0.4, 0.5) is 0 Å². The first-order chi connectivity index (χ1) is 9.86. The second kappa shape index (κ2) is 8.00. The van der Waals surface area contributed by atoms with E-state index in [1.807, 2.05) is 0 Å². The lowest BCUT2D eigenvalue weighted by atomic mass is 10.2. The highest BCUT2D eigenvalue weighted by atomic mass is 35.5. The Morgan fingerprint density at radius 1 is 1.43 bits per heavy atom. The molecule has 0 aromatic heterocycles. The van der Waals surface area contributed by atoms with Crippen molar-refractivity contribution < 1.29 is 18.3 Å². The molecule has 0 saturated heterocycles. The van der Waals surface area contributed by atoms with Crippen molar-refractivity contribution in [1.29, 1.82) is 0 Å². The summed E-state index contributed by atoms with van der Waals surface area (Å²) >= 11 is 5.93. The summed E-state index contributed by atoms with van der Waals surface area (Å²) in [5.74, 6) is 4.58. The van der Waals surface area contributed by atoms with Crippen molar-refractivity contribution in [2.24, 2.45) is 5.73 Å². The minimum atomic E-state index is -3.76. The molecule has 0 fully saturated rings. The minimum absolute atomic E-state index is 0.0298. The van der Waals surface area contributed by atoms with Crippen molar-refractivity contribution in [3.63, 3.8) is 0 Å². The van der Waals surface area contributed by atoms with Gasteiger partial charge in [-0.25, -0.2) is 13.1 Å². The number of rotatable bonds is 6. The van der Waals surface area contributed by atoms with Gasteiger partial charge in [-0.1, -0.05) is 23.4 Å². The Bertz CT molecular complexity index is 677. The third kappa shape index (κ3) is 5.73. The molecule has 1 aromatic carbocycles. The van der Waals surface area contributed by atoms with E-state index in [0.717, 1.165) is 0 Å². The molecule has 0 aliphatic heterocycles. The van der Waals surface area contributed by atoms with Crippen molar-refractivity contribution >= 4 is 27.5 Å². The number of amides is 1. The molecular formula is C13H15ClN2O4S. The van der Waals surface area contributed by atoms with Crippen molar-refractivity contribution in [1.82, 2.24) is 4.72 Å². The highest BCUT2D eigenvalue weighted by Gasteiger charge is 2.17. The maximum Gasteiger partial charge on any atom is 0.242 e. The third-order valence-corrected chi connectivity index (χ3v) is 4.37. The molecule has 0 heterocycles. The Balaban J connectivity index is 2.81. The number of nitrogens with two attached hydrogens (primary N) is 1. The van der Waals surface area contributed by atoms with Crippen molar-refractivity contribution in [3.05, 3.63) is 28.8 Å². The standard InChI is InChI=1S/C13H15ClN2O4S/c14-11-9-10(3-2-8-17)5-6-12(11)21(19,20)16-7-1-4-13(15)18/h5-6,9,16-17H,1,4,7-8H2,(H2,15,18). The van der Waals surface area contributed by atoms with Gasteiger partial charge in [0, 0.05) is 18.5 Å². The van der Waals surface area contributed by atoms with E-state index in [1.54, 1.807) is 0 Å². The summed E-state index contributed by atoms with van der Waals surface area (Å²) in [5, 5.41) is 8.62. The molecule has 0 bridgehead atoms. The van der Waals surface area contributed by atoms with Gasteiger partial charge in [0.25, 0.3) is 0 Å². The number of benzene rings is 1. The van der Waals surface area contributed by atoms with Crippen molar-refractivity contribution in [2.75, 3.05) is 13.2 Å². The van der Waals surface area contributed by atoms with E-state index in [2.05, 4.69) is 16.6 Å². The lowest BCUT2D eigenvalue weighted by Crippen LogP contribution is -2.26. The first kappa shape index (κ1) is 17.5. The molecule has 114 valence electrons. The Kier molecular flexibility index (Phi) is 6.65. The lowest BCUT2D eigenvalue weighted by molar-refractivity contribution is -0.118. The number of primary amides is 1. The third-order valence-electron chi connectivity index (χ3n) is 2.43. The fraction of sp³-hybridized carbons (Fsp3) is 0.308. The first-order valence-electron chi connectivity index (χ1n) is 6.04. The van der Waals surface area contributed by atoms with Crippen LogP contribution in [0, 0.1) is 11.8 Å². The van der Waals surface area contributed by atoms with Crippen LogP contribution in [0.2, 0.25) is 5.02 Å². The molecule has 0 atom stereocenters.